The molecule has 0 aliphatic heterocycles. The Kier molecular flexibility index (Phi) is 9.57. The second-order valence-corrected chi connectivity index (χ2v) is 8.44. The van der Waals surface area contributed by atoms with Crippen molar-refractivity contribution >= 4 is 11.8 Å². The Balaban J connectivity index is 2.13. The van der Waals surface area contributed by atoms with Crippen LogP contribution in [-0.4, -0.2) is 42.5 Å². The summed E-state index contributed by atoms with van der Waals surface area (Å²) in [5.41, 5.74) is 3.27. The van der Waals surface area contributed by atoms with Gasteiger partial charge < -0.3 is 15.0 Å². The van der Waals surface area contributed by atoms with Crippen LogP contribution in [0.1, 0.15) is 43.9 Å². The third kappa shape index (κ3) is 7.74. The predicted molar refractivity (Wildman–Crippen MR) is 125 cm³/mol. The summed E-state index contributed by atoms with van der Waals surface area (Å²) < 4.78 is 5.84. The summed E-state index contributed by atoms with van der Waals surface area (Å²) in [6.45, 7) is 11.0. The number of hydrogen-bond acceptors (Lipinski definition) is 3. The van der Waals surface area contributed by atoms with Gasteiger partial charge in [-0.1, -0.05) is 68.8 Å². The van der Waals surface area contributed by atoms with E-state index in [2.05, 4.69) is 19.2 Å². The van der Waals surface area contributed by atoms with Gasteiger partial charge in [-0.25, -0.2) is 0 Å². The molecular weight excluding hydrogens is 388 g/mol. The van der Waals surface area contributed by atoms with Gasteiger partial charge in [0.1, 0.15) is 11.8 Å². The third-order valence-corrected chi connectivity index (χ3v) is 5.24. The van der Waals surface area contributed by atoms with Crippen LogP contribution in [-0.2, 0) is 16.0 Å². The predicted octanol–water partition coefficient (Wildman–Crippen LogP) is 4.30. The molecule has 2 rings (SSSR count). The lowest BCUT2D eigenvalue weighted by atomic mass is 10.1. The number of hydrogen-bond donors (Lipinski definition) is 1. The van der Waals surface area contributed by atoms with E-state index >= 15 is 0 Å². The second-order valence-electron chi connectivity index (χ2n) is 8.44. The highest BCUT2D eigenvalue weighted by molar-refractivity contribution is 5.88. The fourth-order valence-corrected chi connectivity index (χ4v) is 3.50. The van der Waals surface area contributed by atoms with Crippen molar-refractivity contribution in [2.45, 2.75) is 53.5 Å². The zero-order valence-electron chi connectivity index (χ0n) is 19.5. The van der Waals surface area contributed by atoms with Crippen molar-refractivity contribution in [3.05, 3.63) is 65.2 Å². The molecule has 0 spiro atoms. The minimum absolute atomic E-state index is 0.0906. The monoisotopic (exact) mass is 424 g/mol. The zero-order valence-corrected chi connectivity index (χ0v) is 19.5. The van der Waals surface area contributed by atoms with E-state index in [1.165, 1.54) is 0 Å². The quantitative estimate of drug-likeness (QED) is 0.585. The zero-order chi connectivity index (χ0) is 22.8. The average Bonchev–Trinajstić information content (AvgIpc) is 2.74. The molecule has 0 bridgehead atoms. The molecule has 5 heteroatoms. The Morgan fingerprint density at radius 3 is 2.39 bits per heavy atom. The molecule has 0 unspecified atom stereocenters. The number of rotatable bonds is 11. The summed E-state index contributed by atoms with van der Waals surface area (Å²) in [5, 5.41) is 2.98. The molecule has 1 atom stereocenters. The van der Waals surface area contributed by atoms with Crippen LogP contribution in [0.25, 0.3) is 0 Å². The standard InChI is InChI=1S/C26H36N2O3/c1-6-23(26(30)27-17-19(2)3)28(15-14-22-10-8-7-9-11-22)25(29)18-31-24-13-12-20(4)16-21(24)5/h7-13,16,19,23H,6,14-15,17-18H2,1-5H3,(H,27,30)/t23-/m0/s1. The van der Waals surface area contributed by atoms with Crippen LogP contribution >= 0.6 is 0 Å². The number of carbonyl (C=O) groups is 2. The number of nitrogens with zero attached hydrogens (tertiary/aromatic N) is 1. The molecule has 0 radical (unpaired) electrons. The van der Waals surface area contributed by atoms with Crippen LogP contribution in [0.2, 0.25) is 0 Å². The fourth-order valence-electron chi connectivity index (χ4n) is 3.50. The Hall–Kier alpha value is -2.82. The number of amides is 2. The summed E-state index contributed by atoms with van der Waals surface area (Å²) in [7, 11) is 0. The van der Waals surface area contributed by atoms with Crippen LogP contribution < -0.4 is 10.1 Å². The molecule has 0 aliphatic carbocycles. The molecule has 1 N–H and O–H groups in total. The van der Waals surface area contributed by atoms with E-state index in [0.29, 0.717) is 37.6 Å². The topological polar surface area (TPSA) is 58.6 Å². The van der Waals surface area contributed by atoms with E-state index in [0.717, 1.165) is 16.7 Å². The number of ether oxygens (including phenoxy) is 1. The first-order chi connectivity index (χ1) is 14.8. The van der Waals surface area contributed by atoms with Gasteiger partial charge in [-0.05, 0) is 49.8 Å². The Morgan fingerprint density at radius 2 is 1.77 bits per heavy atom. The van der Waals surface area contributed by atoms with E-state index in [1.807, 2.05) is 69.3 Å². The molecule has 0 fully saturated rings. The molecule has 0 saturated heterocycles. The van der Waals surface area contributed by atoms with E-state index in [4.69, 9.17) is 4.74 Å². The van der Waals surface area contributed by atoms with Gasteiger partial charge in [0.2, 0.25) is 5.91 Å². The van der Waals surface area contributed by atoms with Gasteiger partial charge in [0.05, 0.1) is 0 Å². The summed E-state index contributed by atoms with van der Waals surface area (Å²) in [6, 6.07) is 15.4. The minimum atomic E-state index is -0.516. The van der Waals surface area contributed by atoms with Crippen molar-refractivity contribution < 1.29 is 14.3 Å². The van der Waals surface area contributed by atoms with Crippen molar-refractivity contribution in [2.75, 3.05) is 19.7 Å². The normalized spacial score (nSPS) is 11.8. The molecule has 0 heterocycles. The molecule has 0 aromatic heterocycles. The Bertz CT molecular complexity index is 849. The minimum Gasteiger partial charge on any atom is -0.483 e. The SMILES string of the molecule is CC[C@@H](C(=O)NCC(C)C)N(CCc1ccccc1)C(=O)COc1ccc(C)cc1C. The Labute approximate surface area is 186 Å². The summed E-state index contributed by atoms with van der Waals surface area (Å²) in [5.74, 6) is 0.758. The van der Waals surface area contributed by atoms with E-state index < -0.39 is 6.04 Å². The largest absolute Gasteiger partial charge is 0.483 e. The van der Waals surface area contributed by atoms with Gasteiger partial charge in [-0.3, -0.25) is 9.59 Å². The molecule has 2 amide bonds. The number of nitrogens with one attached hydrogen (secondary N) is 1. The van der Waals surface area contributed by atoms with Gasteiger partial charge >= 0.3 is 0 Å². The van der Waals surface area contributed by atoms with Crippen LogP contribution in [0.3, 0.4) is 0 Å². The van der Waals surface area contributed by atoms with Gasteiger partial charge in [-0.2, -0.15) is 0 Å². The van der Waals surface area contributed by atoms with Crippen LogP contribution in [0.15, 0.2) is 48.5 Å². The highest BCUT2D eigenvalue weighted by atomic mass is 16.5. The van der Waals surface area contributed by atoms with Crippen molar-refractivity contribution in [2.24, 2.45) is 5.92 Å². The van der Waals surface area contributed by atoms with Gasteiger partial charge in [0.25, 0.3) is 5.91 Å². The molecule has 168 valence electrons. The van der Waals surface area contributed by atoms with Gasteiger partial charge in [0.15, 0.2) is 6.61 Å². The van der Waals surface area contributed by atoms with Crippen molar-refractivity contribution in [3.63, 3.8) is 0 Å². The van der Waals surface area contributed by atoms with Crippen molar-refractivity contribution in [3.8, 4) is 5.75 Å². The smallest absolute Gasteiger partial charge is 0.261 e. The summed E-state index contributed by atoms with van der Waals surface area (Å²) >= 11 is 0. The molecular formula is C26H36N2O3. The van der Waals surface area contributed by atoms with E-state index in [-0.39, 0.29) is 18.4 Å². The maximum Gasteiger partial charge on any atom is 0.261 e. The molecule has 31 heavy (non-hydrogen) atoms. The number of aryl methyl sites for hydroxylation is 2. The molecule has 0 saturated carbocycles. The van der Waals surface area contributed by atoms with Crippen LogP contribution in [0.4, 0.5) is 0 Å². The van der Waals surface area contributed by atoms with Gasteiger partial charge in [-0.15, -0.1) is 0 Å². The average molecular weight is 425 g/mol. The van der Waals surface area contributed by atoms with E-state index in [1.54, 1.807) is 4.90 Å². The second kappa shape index (κ2) is 12.1. The molecule has 0 aliphatic rings. The molecule has 2 aromatic rings. The summed E-state index contributed by atoms with van der Waals surface area (Å²) in [4.78, 5) is 27.7. The van der Waals surface area contributed by atoms with E-state index in [9.17, 15) is 9.59 Å². The van der Waals surface area contributed by atoms with Crippen molar-refractivity contribution in [1.82, 2.24) is 10.2 Å². The van der Waals surface area contributed by atoms with Crippen molar-refractivity contribution in [1.29, 1.82) is 0 Å². The highest BCUT2D eigenvalue weighted by Crippen LogP contribution is 2.19. The number of carbonyl (C=O) groups excluding carboxylic acids is 2. The fraction of sp³-hybridized carbons (Fsp3) is 0.462. The summed E-state index contributed by atoms with van der Waals surface area (Å²) in [6.07, 6.45) is 1.23. The molecule has 5 nitrogen and oxygen atoms in total. The Morgan fingerprint density at radius 1 is 1.06 bits per heavy atom. The first-order valence-electron chi connectivity index (χ1n) is 11.1. The first kappa shape index (κ1) is 24.4. The highest BCUT2D eigenvalue weighted by Gasteiger charge is 2.28. The maximum absolute atomic E-state index is 13.2. The lowest BCUT2D eigenvalue weighted by Crippen LogP contribution is -2.51. The van der Waals surface area contributed by atoms with Crippen LogP contribution in [0, 0.1) is 19.8 Å². The van der Waals surface area contributed by atoms with Gasteiger partial charge in [0, 0.05) is 13.1 Å². The maximum atomic E-state index is 13.2. The first-order valence-corrected chi connectivity index (χ1v) is 11.1. The lowest BCUT2D eigenvalue weighted by Gasteiger charge is -2.31. The molecule has 2 aromatic carbocycles. The lowest BCUT2D eigenvalue weighted by molar-refractivity contribution is -0.142. The third-order valence-electron chi connectivity index (χ3n) is 5.24. The van der Waals surface area contributed by atoms with Crippen LogP contribution in [0.5, 0.6) is 5.75 Å². The number of benzene rings is 2.